The minimum absolute atomic E-state index is 0.154. The van der Waals surface area contributed by atoms with Crippen molar-refractivity contribution in [1.82, 2.24) is 10.3 Å². The van der Waals surface area contributed by atoms with E-state index in [0.717, 1.165) is 0 Å². The Morgan fingerprint density at radius 1 is 1.69 bits per heavy atom. The van der Waals surface area contributed by atoms with E-state index in [2.05, 4.69) is 10.3 Å². The topological polar surface area (TPSA) is 34.2 Å². The number of halogens is 1. The standard InChI is InChI=1S/C9H11ClN2O/c10-7-1-2-8(12-5-7)9-6-11-3-4-13-9/h1-2,5,9,11H,3-4,6H2/t9-/m0/s1/i3D2,4D2. The molecule has 70 valence electrons. The lowest BCUT2D eigenvalue weighted by molar-refractivity contribution is 0.0250. The van der Waals surface area contributed by atoms with Crippen molar-refractivity contribution in [1.29, 1.82) is 0 Å². The molecule has 0 saturated carbocycles. The monoisotopic (exact) mass is 202 g/mol. The van der Waals surface area contributed by atoms with Crippen LogP contribution in [-0.2, 0) is 4.74 Å². The largest absolute Gasteiger partial charge is 0.369 e. The number of hydrogen-bond donors (Lipinski definition) is 1. The van der Waals surface area contributed by atoms with Gasteiger partial charge in [-0.1, -0.05) is 11.6 Å². The molecule has 1 fully saturated rings. The summed E-state index contributed by atoms with van der Waals surface area (Å²) in [5.74, 6) is 0. The van der Waals surface area contributed by atoms with Crippen molar-refractivity contribution in [3.8, 4) is 0 Å². The number of pyridine rings is 1. The highest BCUT2D eigenvalue weighted by molar-refractivity contribution is 6.30. The zero-order valence-electron chi connectivity index (χ0n) is 10.7. The second-order valence-corrected chi connectivity index (χ2v) is 3.05. The number of morpholine rings is 1. The van der Waals surface area contributed by atoms with Crippen LogP contribution in [0.4, 0.5) is 0 Å². The van der Waals surface area contributed by atoms with Gasteiger partial charge in [-0.2, -0.15) is 0 Å². The minimum atomic E-state index is -2.41. The molecule has 2 heterocycles. The van der Waals surface area contributed by atoms with Crippen LogP contribution in [0.15, 0.2) is 18.3 Å². The van der Waals surface area contributed by atoms with Gasteiger partial charge in [0, 0.05) is 22.0 Å². The molecule has 13 heavy (non-hydrogen) atoms. The van der Waals surface area contributed by atoms with Crippen LogP contribution in [0.1, 0.15) is 17.3 Å². The molecule has 1 aromatic rings. The molecule has 3 nitrogen and oxygen atoms in total. The van der Waals surface area contributed by atoms with E-state index in [1.165, 1.54) is 6.20 Å². The third kappa shape index (κ3) is 2.18. The van der Waals surface area contributed by atoms with Crippen molar-refractivity contribution < 1.29 is 10.2 Å². The van der Waals surface area contributed by atoms with Crippen LogP contribution in [-0.4, -0.2) is 24.6 Å². The second kappa shape index (κ2) is 4.05. The first-order chi connectivity index (χ1) is 7.82. The minimum Gasteiger partial charge on any atom is -0.369 e. The highest BCUT2D eigenvalue weighted by Gasteiger charge is 2.16. The van der Waals surface area contributed by atoms with Gasteiger partial charge in [-0.05, 0) is 12.1 Å². The Morgan fingerprint density at radius 2 is 2.62 bits per heavy atom. The number of rotatable bonds is 1. The Bertz CT molecular complexity index is 412. The fourth-order valence-corrected chi connectivity index (χ4v) is 1.18. The molecule has 0 aliphatic carbocycles. The summed E-state index contributed by atoms with van der Waals surface area (Å²) in [5, 5.41) is 2.95. The molecule has 1 aliphatic heterocycles. The van der Waals surface area contributed by atoms with E-state index >= 15 is 0 Å². The van der Waals surface area contributed by atoms with E-state index in [-0.39, 0.29) is 6.54 Å². The third-order valence-corrected chi connectivity index (χ3v) is 1.93. The summed E-state index contributed by atoms with van der Waals surface area (Å²) >= 11 is 5.70. The predicted octanol–water partition coefficient (Wildman–Crippen LogP) is 1.40. The zero-order chi connectivity index (χ0) is 12.7. The Balaban J connectivity index is 2.18. The fourth-order valence-electron chi connectivity index (χ4n) is 1.06. The lowest BCUT2D eigenvalue weighted by Crippen LogP contribution is -2.33. The predicted molar refractivity (Wildman–Crippen MR) is 50.8 cm³/mol. The maximum absolute atomic E-state index is 7.50. The van der Waals surface area contributed by atoms with E-state index in [1.54, 1.807) is 12.1 Å². The lowest BCUT2D eigenvalue weighted by atomic mass is 10.2. The van der Waals surface area contributed by atoms with Gasteiger partial charge in [0.1, 0.15) is 6.10 Å². The van der Waals surface area contributed by atoms with E-state index in [1.807, 2.05) is 0 Å². The molecule has 0 aromatic carbocycles. The molecule has 4 heteroatoms. The van der Waals surface area contributed by atoms with Crippen molar-refractivity contribution in [2.45, 2.75) is 6.10 Å². The second-order valence-electron chi connectivity index (χ2n) is 2.62. The zero-order valence-corrected chi connectivity index (χ0v) is 7.51. The smallest absolute Gasteiger partial charge is 0.112 e. The van der Waals surface area contributed by atoms with Gasteiger partial charge in [0.25, 0.3) is 0 Å². The third-order valence-electron chi connectivity index (χ3n) is 1.71. The Morgan fingerprint density at radius 3 is 3.31 bits per heavy atom. The normalized spacial score (nSPS) is 35.3. The van der Waals surface area contributed by atoms with Gasteiger partial charge in [-0.15, -0.1) is 0 Å². The molecule has 0 spiro atoms. The van der Waals surface area contributed by atoms with Gasteiger partial charge in [-0.3, -0.25) is 4.98 Å². The van der Waals surface area contributed by atoms with Crippen LogP contribution in [0.3, 0.4) is 0 Å². The van der Waals surface area contributed by atoms with Crippen LogP contribution in [0.2, 0.25) is 5.02 Å². The van der Waals surface area contributed by atoms with Gasteiger partial charge >= 0.3 is 0 Å². The average molecular weight is 203 g/mol. The lowest BCUT2D eigenvalue weighted by Gasteiger charge is -2.22. The first-order valence-corrected chi connectivity index (χ1v) is 4.24. The van der Waals surface area contributed by atoms with Crippen molar-refractivity contribution in [2.75, 3.05) is 19.6 Å². The quantitative estimate of drug-likeness (QED) is 0.748. The van der Waals surface area contributed by atoms with E-state index < -0.39 is 19.2 Å². The summed E-state index contributed by atoms with van der Waals surface area (Å²) in [5.41, 5.74) is 0.515. The Labute approximate surface area is 87.7 Å². The van der Waals surface area contributed by atoms with Crippen LogP contribution < -0.4 is 5.32 Å². The van der Waals surface area contributed by atoms with Crippen molar-refractivity contribution in [3.05, 3.63) is 29.0 Å². The summed E-state index contributed by atoms with van der Waals surface area (Å²) in [7, 11) is 0. The number of aromatic nitrogens is 1. The summed E-state index contributed by atoms with van der Waals surface area (Å²) in [6, 6.07) is 3.26. The van der Waals surface area contributed by atoms with Gasteiger partial charge < -0.3 is 10.1 Å². The maximum Gasteiger partial charge on any atom is 0.112 e. The molecule has 0 bridgehead atoms. The van der Waals surface area contributed by atoms with Gasteiger partial charge in [0.2, 0.25) is 0 Å². The molecule has 1 N–H and O–H groups in total. The highest BCUT2D eigenvalue weighted by Crippen LogP contribution is 2.17. The van der Waals surface area contributed by atoms with Crippen molar-refractivity contribution >= 4 is 11.6 Å². The first kappa shape index (κ1) is 5.29. The van der Waals surface area contributed by atoms with E-state index in [4.69, 9.17) is 21.8 Å². The van der Waals surface area contributed by atoms with E-state index in [9.17, 15) is 0 Å². The summed E-state index contributed by atoms with van der Waals surface area (Å²) in [6.07, 6.45) is 0.810. The first-order valence-electron chi connectivity index (χ1n) is 5.86. The summed E-state index contributed by atoms with van der Waals surface area (Å²) < 4.78 is 35.0. The van der Waals surface area contributed by atoms with Crippen molar-refractivity contribution in [2.24, 2.45) is 0 Å². The Hall–Kier alpha value is -0.640. The van der Waals surface area contributed by atoms with Crippen LogP contribution in [0, 0.1) is 0 Å². The Kier molecular flexibility index (Phi) is 1.65. The molecule has 0 unspecified atom stereocenters. The number of ether oxygens (including phenoxy) is 1. The molecular weight excluding hydrogens is 188 g/mol. The van der Waals surface area contributed by atoms with Gasteiger partial charge in [0.05, 0.1) is 20.0 Å². The molecule has 1 aliphatic rings. The maximum atomic E-state index is 7.50. The molecule has 1 aromatic heterocycles. The number of hydrogen-bond acceptors (Lipinski definition) is 3. The van der Waals surface area contributed by atoms with E-state index in [0.29, 0.717) is 10.7 Å². The molecule has 1 atom stereocenters. The molecule has 1 saturated heterocycles. The molecule has 0 amide bonds. The van der Waals surface area contributed by atoms with Crippen LogP contribution >= 0.6 is 11.6 Å². The summed E-state index contributed by atoms with van der Waals surface area (Å²) in [4.78, 5) is 4.03. The molecule has 2 rings (SSSR count). The van der Waals surface area contributed by atoms with Crippen LogP contribution in [0.5, 0.6) is 0 Å². The van der Waals surface area contributed by atoms with Gasteiger partial charge in [-0.25, -0.2) is 0 Å². The van der Waals surface area contributed by atoms with Crippen molar-refractivity contribution in [3.63, 3.8) is 0 Å². The van der Waals surface area contributed by atoms with Crippen LogP contribution in [0.25, 0.3) is 0 Å². The molecule has 0 radical (unpaired) electrons. The van der Waals surface area contributed by atoms with Gasteiger partial charge in [0.15, 0.2) is 0 Å². The highest BCUT2D eigenvalue weighted by atomic mass is 35.5. The number of nitrogens with one attached hydrogen (secondary N) is 1. The average Bonchev–Trinajstić information content (AvgIpc) is 2.23. The SMILES string of the molecule is [2H]C1([2H])NC[C@@H](c2ccc(Cl)cn2)OC1([2H])[2H]. The fraction of sp³-hybridized carbons (Fsp3) is 0.444. The summed E-state index contributed by atoms with van der Waals surface area (Å²) in [6.45, 7) is -4.46. The molecular formula is C9H11ClN2O. The number of nitrogens with zero attached hydrogens (tertiary/aromatic N) is 1.